The van der Waals surface area contributed by atoms with E-state index in [-0.39, 0.29) is 6.42 Å². The predicted octanol–water partition coefficient (Wildman–Crippen LogP) is -0.220. The molecule has 1 amide bonds. The van der Waals surface area contributed by atoms with Crippen LogP contribution in [0.25, 0.3) is 0 Å². The van der Waals surface area contributed by atoms with Crippen molar-refractivity contribution in [1.29, 1.82) is 0 Å². The number of carbonyl (C=O) groups excluding carboxylic acids is 2. The van der Waals surface area contributed by atoms with Crippen LogP contribution in [-0.4, -0.2) is 23.0 Å². The first-order chi connectivity index (χ1) is 11.0. The van der Waals surface area contributed by atoms with Crippen LogP contribution < -0.4 is 16.2 Å². The Morgan fingerprint density at radius 1 is 1.09 bits per heavy atom. The first-order valence-corrected chi connectivity index (χ1v) is 7.05. The average molecular weight is 313 g/mol. The van der Waals surface area contributed by atoms with Gasteiger partial charge in [-0.3, -0.25) is 4.79 Å². The lowest BCUT2D eigenvalue weighted by atomic mass is 10.0. The number of aliphatic carboxylic acids is 1. The molecule has 6 nitrogen and oxygen atoms in total. The molecule has 0 radical (unpaired) electrons. The molecule has 0 aliphatic carbocycles. The summed E-state index contributed by atoms with van der Waals surface area (Å²) >= 11 is 0. The van der Waals surface area contributed by atoms with Crippen LogP contribution in [0, 0.1) is 0 Å². The number of aliphatic hydroxyl groups excluding tert-OH is 1. The molecule has 2 atom stereocenters. The molecule has 0 saturated carbocycles. The number of aliphatic hydroxyl groups is 1. The van der Waals surface area contributed by atoms with Crippen LogP contribution in [0.2, 0.25) is 0 Å². The molecule has 0 heterocycles. The van der Waals surface area contributed by atoms with E-state index in [9.17, 15) is 19.8 Å². The largest absolute Gasteiger partial charge is 0.548 e. The zero-order valence-electron chi connectivity index (χ0n) is 12.3. The molecule has 0 aliphatic heterocycles. The maximum Gasteiger partial charge on any atom is 0.225 e. The second kappa shape index (κ2) is 7.42. The number of hydrogen-bond acceptors (Lipinski definition) is 5. The fourth-order valence-electron chi connectivity index (χ4n) is 2.15. The van der Waals surface area contributed by atoms with Crippen molar-refractivity contribution >= 4 is 17.6 Å². The summed E-state index contributed by atoms with van der Waals surface area (Å²) < 4.78 is 0. The molecule has 6 heteroatoms. The number of anilines is 1. The standard InChI is InChI=1S/C17H18N2O4/c18-13-8-6-11(7-9-13)10-14(20)19-15(17(22)23)16(21)12-4-2-1-3-5-12/h1-9,15-16,21H,10,18H2,(H,19,20)(H,22,23)/p-1/t15-,16-/m1/s1. The van der Waals surface area contributed by atoms with Gasteiger partial charge in [-0.1, -0.05) is 42.5 Å². The minimum atomic E-state index is -1.55. The number of amides is 1. The second-order valence-corrected chi connectivity index (χ2v) is 5.14. The van der Waals surface area contributed by atoms with Gasteiger partial charge in [0.15, 0.2) is 0 Å². The van der Waals surface area contributed by atoms with Gasteiger partial charge in [-0.15, -0.1) is 0 Å². The summed E-state index contributed by atoms with van der Waals surface area (Å²) in [4.78, 5) is 23.2. The molecule has 4 N–H and O–H groups in total. The lowest BCUT2D eigenvalue weighted by molar-refractivity contribution is -0.310. The topological polar surface area (TPSA) is 115 Å². The summed E-state index contributed by atoms with van der Waals surface area (Å²) in [5.41, 5.74) is 7.20. The molecule has 0 saturated heterocycles. The highest BCUT2D eigenvalue weighted by Gasteiger charge is 2.23. The summed E-state index contributed by atoms with van der Waals surface area (Å²) in [6.07, 6.45) is -1.41. The number of carboxylic acid groups (broad SMARTS) is 1. The summed E-state index contributed by atoms with van der Waals surface area (Å²) in [7, 11) is 0. The lowest BCUT2D eigenvalue weighted by Gasteiger charge is -2.25. The molecule has 23 heavy (non-hydrogen) atoms. The highest BCUT2D eigenvalue weighted by atomic mass is 16.4. The van der Waals surface area contributed by atoms with Crippen LogP contribution in [0.1, 0.15) is 17.2 Å². The minimum absolute atomic E-state index is 0.0223. The third-order valence-corrected chi connectivity index (χ3v) is 3.37. The number of rotatable bonds is 6. The summed E-state index contributed by atoms with van der Waals surface area (Å²) in [5.74, 6) is -2.08. The van der Waals surface area contributed by atoms with Crippen molar-refractivity contribution in [3.05, 3.63) is 65.7 Å². The van der Waals surface area contributed by atoms with Crippen LogP contribution in [0.4, 0.5) is 5.69 Å². The lowest BCUT2D eigenvalue weighted by Crippen LogP contribution is -2.51. The molecule has 120 valence electrons. The summed E-state index contributed by atoms with van der Waals surface area (Å²) in [6.45, 7) is 0. The Balaban J connectivity index is 2.05. The second-order valence-electron chi connectivity index (χ2n) is 5.14. The third-order valence-electron chi connectivity index (χ3n) is 3.37. The smallest absolute Gasteiger partial charge is 0.225 e. The zero-order valence-corrected chi connectivity index (χ0v) is 12.3. The number of nitrogens with two attached hydrogens (primary N) is 1. The van der Waals surface area contributed by atoms with Crippen molar-refractivity contribution in [3.63, 3.8) is 0 Å². The van der Waals surface area contributed by atoms with E-state index in [2.05, 4.69) is 5.32 Å². The highest BCUT2D eigenvalue weighted by molar-refractivity contribution is 5.84. The molecule has 0 unspecified atom stereocenters. The van der Waals surface area contributed by atoms with Gasteiger partial charge in [-0.2, -0.15) is 0 Å². The molecule has 0 aromatic heterocycles. The highest BCUT2D eigenvalue weighted by Crippen LogP contribution is 2.16. The van der Waals surface area contributed by atoms with E-state index in [0.29, 0.717) is 16.8 Å². The number of hydrogen-bond donors (Lipinski definition) is 3. The van der Waals surface area contributed by atoms with E-state index in [1.165, 1.54) is 0 Å². The molecule has 2 rings (SSSR count). The average Bonchev–Trinajstić information content (AvgIpc) is 2.55. The first-order valence-electron chi connectivity index (χ1n) is 7.05. The van der Waals surface area contributed by atoms with Gasteiger partial charge >= 0.3 is 0 Å². The molecular formula is C17H17N2O4-. The van der Waals surface area contributed by atoms with Gasteiger partial charge < -0.3 is 26.1 Å². The Morgan fingerprint density at radius 2 is 1.70 bits per heavy atom. The van der Waals surface area contributed by atoms with Crippen LogP contribution in [0.5, 0.6) is 0 Å². The minimum Gasteiger partial charge on any atom is -0.548 e. The number of carbonyl (C=O) groups is 2. The molecule has 2 aromatic rings. The quantitative estimate of drug-likeness (QED) is 0.638. The fourth-order valence-corrected chi connectivity index (χ4v) is 2.15. The van der Waals surface area contributed by atoms with Gasteiger partial charge in [0.25, 0.3) is 0 Å². The Labute approximate surface area is 133 Å². The van der Waals surface area contributed by atoms with Crippen molar-refractivity contribution in [2.75, 3.05) is 5.73 Å². The molecule has 0 aliphatic rings. The number of carboxylic acids is 1. The van der Waals surface area contributed by atoms with Crippen LogP contribution >= 0.6 is 0 Å². The van der Waals surface area contributed by atoms with Crippen LogP contribution in [-0.2, 0) is 16.0 Å². The van der Waals surface area contributed by atoms with Crippen LogP contribution in [0.3, 0.4) is 0 Å². The number of nitrogens with one attached hydrogen (secondary N) is 1. The van der Waals surface area contributed by atoms with E-state index in [0.717, 1.165) is 0 Å². The summed E-state index contributed by atoms with van der Waals surface area (Å²) in [5, 5.41) is 23.7. The van der Waals surface area contributed by atoms with Crippen molar-refractivity contribution < 1.29 is 19.8 Å². The Morgan fingerprint density at radius 3 is 2.26 bits per heavy atom. The van der Waals surface area contributed by atoms with E-state index in [1.807, 2.05) is 0 Å². The van der Waals surface area contributed by atoms with Gasteiger partial charge in [0.05, 0.1) is 18.4 Å². The monoisotopic (exact) mass is 313 g/mol. The van der Waals surface area contributed by atoms with Crippen LogP contribution in [0.15, 0.2) is 54.6 Å². The Hall–Kier alpha value is -2.86. The van der Waals surface area contributed by atoms with Crippen molar-refractivity contribution in [3.8, 4) is 0 Å². The Bertz CT molecular complexity index is 671. The van der Waals surface area contributed by atoms with E-state index >= 15 is 0 Å². The number of benzene rings is 2. The normalized spacial score (nSPS) is 13.1. The van der Waals surface area contributed by atoms with Gasteiger partial charge in [0.1, 0.15) is 6.10 Å². The maximum atomic E-state index is 12.0. The predicted molar refractivity (Wildman–Crippen MR) is 82.9 cm³/mol. The maximum absolute atomic E-state index is 12.0. The van der Waals surface area contributed by atoms with E-state index < -0.39 is 24.0 Å². The Kier molecular flexibility index (Phi) is 5.32. The van der Waals surface area contributed by atoms with Crippen molar-refractivity contribution in [1.82, 2.24) is 5.32 Å². The SMILES string of the molecule is Nc1ccc(CC(=O)N[C@@H](C(=O)[O-])[C@H](O)c2ccccc2)cc1. The van der Waals surface area contributed by atoms with E-state index in [4.69, 9.17) is 5.73 Å². The zero-order chi connectivity index (χ0) is 16.8. The van der Waals surface area contributed by atoms with E-state index in [1.54, 1.807) is 54.6 Å². The van der Waals surface area contributed by atoms with Gasteiger partial charge in [0, 0.05) is 5.69 Å². The first kappa shape index (κ1) is 16.5. The van der Waals surface area contributed by atoms with Gasteiger partial charge in [0.2, 0.25) is 5.91 Å². The molecule has 0 fully saturated rings. The molecule has 0 bridgehead atoms. The molecule has 0 spiro atoms. The fraction of sp³-hybridized carbons (Fsp3) is 0.176. The van der Waals surface area contributed by atoms with Crippen molar-refractivity contribution in [2.24, 2.45) is 0 Å². The summed E-state index contributed by atoms with van der Waals surface area (Å²) in [6, 6.07) is 13.4. The third kappa shape index (κ3) is 4.55. The van der Waals surface area contributed by atoms with Crippen molar-refractivity contribution in [2.45, 2.75) is 18.6 Å². The number of nitrogen functional groups attached to an aromatic ring is 1. The van der Waals surface area contributed by atoms with Gasteiger partial charge in [-0.25, -0.2) is 0 Å². The van der Waals surface area contributed by atoms with Gasteiger partial charge in [-0.05, 0) is 23.3 Å². The molecule has 2 aromatic carbocycles. The molecular weight excluding hydrogens is 296 g/mol.